The SMILES string of the molecule is CC(c1cncc(-c2ccccc2F)c1)N1NC(c2cccc3c2cnn3C)c2c(N)ncnc21. The molecule has 0 aliphatic carbocycles. The fourth-order valence-corrected chi connectivity index (χ4v) is 4.78. The van der Waals surface area contributed by atoms with Crippen molar-refractivity contribution < 1.29 is 4.39 Å². The summed E-state index contributed by atoms with van der Waals surface area (Å²) in [5, 5.41) is 7.44. The highest BCUT2D eigenvalue weighted by Gasteiger charge is 2.37. The van der Waals surface area contributed by atoms with Gasteiger partial charge in [0, 0.05) is 36.0 Å². The Kier molecular flexibility index (Phi) is 4.93. The molecular formula is C26H23FN8. The number of halogens is 1. The zero-order chi connectivity index (χ0) is 24.1. The van der Waals surface area contributed by atoms with Crippen molar-refractivity contribution in [1.82, 2.24) is 30.2 Å². The Balaban J connectivity index is 1.42. The average Bonchev–Trinajstić information content (AvgIpc) is 3.46. The predicted molar refractivity (Wildman–Crippen MR) is 133 cm³/mol. The standard InChI is InChI=1S/C26H23FN8/c1-15(16-10-17(12-29-11-16)18-6-3-4-8-21(18)27)35-26-23(25(28)30-14-31-26)24(33-35)19-7-5-9-22-20(19)13-32-34(22)2/h3-15,24,33H,1-2H3,(H2,28,30,31). The first-order valence-electron chi connectivity index (χ1n) is 11.3. The number of pyridine rings is 1. The summed E-state index contributed by atoms with van der Waals surface area (Å²) in [7, 11) is 1.92. The molecule has 3 N–H and O–H groups in total. The van der Waals surface area contributed by atoms with Crippen LogP contribution in [0.1, 0.15) is 35.7 Å². The lowest BCUT2D eigenvalue weighted by atomic mass is 9.98. The van der Waals surface area contributed by atoms with E-state index in [4.69, 9.17) is 5.73 Å². The summed E-state index contributed by atoms with van der Waals surface area (Å²) in [6.45, 7) is 2.05. The maximum Gasteiger partial charge on any atom is 0.154 e. The van der Waals surface area contributed by atoms with Crippen molar-refractivity contribution in [2.24, 2.45) is 7.05 Å². The lowest BCUT2D eigenvalue weighted by molar-refractivity contribution is 0.544. The third-order valence-electron chi connectivity index (χ3n) is 6.63. The number of anilines is 2. The van der Waals surface area contributed by atoms with Crippen LogP contribution in [0.3, 0.4) is 0 Å². The van der Waals surface area contributed by atoms with E-state index in [0.717, 1.165) is 27.6 Å². The normalized spacial score (nSPS) is 16.0. The molecule has 5 aromatic rings. The maximum absolute atomic E-state index is 14.4. The number of hydrogen-bond acceptors (Lipinski definition) is 7. The number of nitrogens with two attached hydrogens (primary N) is 1. The lowest BCUT2D eigenvalue weighted by Gasteiger charge is -2.27. The fourth-order valence-electron chi connectivity index (χ4n) is 4.78. The van der Waals surface area contributed by atoms with Gasteiger partial charge in [-0.1, -0.05) is 30.3 Å². The van der Waals surface area contributed by atoms with E-state index in [1.54, 1.807) is 24.5 Å². The van der Waals surface area contributed by atoms with Crippen molar-refractivity contribution in [3.05, 3.63) is 96.0 Å². The first kappa shape index (κ1) is 21.2. The summed E-state index contributed by atoms with van der Waals surface area (Å²) in [6, 6.07) is 14.3. The minimum absolute atomic E-state index is 0.180. The van der Waals surface area contributed by atoms with Gasteiger partial charge < -0.3 is 5.73 Å². The highest BCUT2D eigenvalue weighted by molar-refractivity contribution is 5.84. The number of rotatable bonds is 4. The molecule has 0 fully saturated rings. The van der Waals surface area contributed by atoms with Crippen LogP contribution in [0.15, 0.2) is 73.4 Å². The Morgan fingerprint density at radius 2 is 1.91 bits per heavy atom. The average molecular weight is 467 g/mol. The highest BCUT2D eigenvalue weighted by Crippen LogP contribution is 2.43. The molecule has 2 atom stereocenters. The largest absolute Gasteiger partial charge is 0.383 e. The second kappa shape index (κ2) is 8.14. The van der Waals surface area contributed by atoms with Crippen LogP contribution in [0, 0.1) is 5.82 Å². The Hall–Kier alpha value is -4.37. The molecule has 0 amide bonds. The number of nitrogens with zero attached hydrogens (tertiary/aromatic N) is 6. The molecule has 8 nitrogen and oxygen atoms in total. The molecule has 1 aliphatic heterocycles. The van der Waals surface area contributed by atoms with Crippen LogP contribution in [-0.2, 0) is 7.05 Å². The van der Waals surface area contributed by atoms with E-state index in [1.165, 1.54) is 12.4 Å². The number of aryl methyl sites for hydroxylation is 1. The predicted octanol–water partition coefficient (Wildman–Crippen LogP) is 4.32. The van der Waals surface area contributed by atoms with E-state index in [2.05, 4.69) is 31.5 Å². The molecule has 0 spiro atoms. The van der Waals surface area contributed by atoms with E-state index in [-0.39, 0.29) is 17.9 Å². The fraction of sp³-hybridized carbons (Fsp3) is 0.154. The molecule has 3 aromatic heterocycles. The van der Waals surface area contributed by atoms with E-state index < -0.39 is 0 Å². The number of nitrogens with one attached hydrogen (secondary N) is 1. The van der Waals surface area contributed by atoms with Crippen LogP contribution >= 0.6 is 0 Å². The maximum atomic E-state index is 14.4. The van der Waals surface area contributed by atoms with Gasteiger partial charge in [0.05, 0.1) is 29.4 Å². The van der Waals surface area contributed by atoms with Gasteiger partial charge >= 0.3 is 0 Å². The topological polar surface area (TPSA) is 97.8 Å². The second-order valence-corrected chi connectivity index (χ2v) is 8.64. The third-order valence-corrected chi connectivity index (χ3v) is 6.63. The van der Waals surface area contributed by atoms with Crippen molar-refractivity contribution in [3.63, 3.8) is 0 Å². The van der Waals surface area contributed by atoms with Gasteiger partial charge in [-0.2, -0.15) is 5.10 Å². The van der Waals surface area contributed by atoms with E-state index in [1.807, 2.05) is 54.1 Å². The van der Waals surface area contributed by atoms with Gasteiger partial charge in [-0.15, -0.1) is 0 Å². The first-order chi connectivity index (χ1) is 17.0. The van der Waals surface area contributed by atoms with Gasteiger partial charge in [0.15, 0.2) is 5.82 Å². The minimum Gasteiger partial charge on any atom is -0.383 e. The van der Waals surface area contributed by atoms with Crippen LogP contribution in [0.5, 0.6) is 0 Å². The van der Waals surface area contributed by atoms with E-state index in [0.29, 0.717) is 22.8 Å². The molecule has 0 saturated carbocycles. The van der Waals surface area contributed by atoms with Gasteiger partial charge in [-0.3, -0.25) is 14.7 Å². The molecule has 6 rings (SSSR count). The molecule has 1 aliphatic rings. The molecule has 2 unspecified atom stereocenters. The van der Waals surface area contributed by atoms with Crippen molar-refractivity contribution in [3.8, 4) is 11.1 Å². The van der Waals surface area contributed by atoms with Crippen molar-refractivity contribution >= 4 is 22.5 Å². The summed E-state index contributed by atoms with van der Waals surface area (Å²) in [6.07, 6.45) is 6.79. The summed E-state index contributed by atoms with van der Waals surface area (Å²) in [5.41, 5.74) is 15.0. The molecule has 35 heavy (non-hydrogen) atoms. The van der Waals surface area contributed by atoms with Gasteiger partial charge in [0.1, 0.15) is 18.0 Å². The zero-order valence-corrected chi connectivity index (χ0v) is 19.2. The molecule has 174 valence electrons. The van der Waals surface area contributed by atoms with Crippen molar-refractivity contribution in [2.75, 3.05) is 10.7 Å². The summed E-state index contributed by atoms with van der Waals surface area (Å²) in [4.78, 5) is 13.2. The summed E-state index contributed by atoms with van der Waals surface area (Å²) < 4.78 is 16.3. The molecule has 4 heterocycles. The highest BCUT2D eigenvalue weighted by atomic mass is 19.1. The summed E-state index contributed by atoms with van der Waals surface area (Å²) >= 11 is 0. The van der Waals surface area contributed by atoms with Gasteiger partial charge in [0.2, 0.25) is 0 Å². The van der Waals surface area contributed by atoms with Crippen LogP contribution in [0.2, 0.25) is 0 Å². The van der Waals surface area contributed by atoms with E-state index in [9.17, 15) is 4.39 Å². The number of fused-ring (bicyclic) bond motifs is 2. The van der Waals surface area contributed by atoms with Gasteiger partial charge in [-0.25, -0.2) is 19.8 Å². The first-order valence-corrected chi connectivity index (χ1v) is 11.3. The smallest absolute Gasteiger partial charge is 0.154 e. The molecule has 9 heteroatoms. The Bertz CT molecular complexity index is 1560. The van der Waals surface area contributed by atoms with Crippen LogP contribution < -0.4 is 16.2 Å². The van der Waals surface area contributed by atoms with Crippen LogP contribution in [0.25, 0.3) is 22.0 Å². The van der Waals surface area contributed by atoms with Gasteiger partial charge in [-0.05, 0) is 36.2 Å². The molecular weight excluding hydrogens is 443 g/mol. The monoisotopic (exact) mass is 466 g/mol. The Morgan fingerprint density at radius 1 is 1.06 bits per heavy atom. The molecule has 2 aromatic carbocycles. The lowest BCUT2D eigenvalue weighted by Crippen LogP contribution is -2.37. The number of benzene rings is 2. The number of hydrazine groups is 1. The van der Waals surface area contributed by atoms with Crippen molar-refractivity contribution in [2.45, 2.75) is 19.0 Å². The zero-order valence-electron chi connectivity index (χ0n) is 19.2. The van der Waals surface area contributed by atoms with Crippen molar-refractivity contribution in [1.29, 1.82) is 0 Å². The Morgan fingerprint density at radius 3 is 2.77 bits per heavy atom. The molecule has 0 radical (unpaired) electrons. The number of hydrogen-bond donors (Lipinski definition) is 2. The van der Waals surface area contributed by atoms with Crippen LogP contribution in [-0.4, -0.2) is 24.7 Å². The minimum atomic E-state index is -0.283. The Labute approximate surface area is 201 Å². The number of nitrogen functional groups attached to an aromatic ring is 1. The third kappa shape index (κ3) is 3.39. The quantitative estimate of drug-likeness (QED) is 0.407. The number of aromatic nitrogens is 5. The van der Waals surface area contributed by atoms with Gasteiger partial charge in [0.25, 0.3) is 0 Å². The second-order valence-electron chi connectivity index (χ2n) is 8.64. The van der Waals surface area contributed by atoms with E-state index >= 15 is 0 Å². The summed E-state index contributed by atoms with van der Waals surface area (Å²) in [5.74, 6) is 0.836. The molecule has 0 saturated heterocycles. The van der Waals surface area contributed by atoms with Crippen LogP contribution in [0.4, 0.5) is 16.0 Å². The molecule has 0 bridgehead atoms.